The fourth-order valence-electron chi connectivity index (χ4n) is 4.99. The summed E-state index contributed by atoms with van der Waals surface area (Å²) in [6.07, 6.45) is 6.41. The highest BCUT2D eigenvalue weighted by atomic mass is 16.7. The second-order valence-electron chi connectivity index (χ2n) is 8.49. The smallest absolute Gasteiger partial charge is 0.231 e. The number of nitrogens with one attached hydrogen (secondary N) is 1. The predicted molar refractivity (Wildman–Crippen MR) is 129 cm³/mol. The number of benzene rings is 2. The highest BCUT2D eigenvalue weighted by Gasteiger charge is 2.33. The van der Waals surface area contributed by atoms with Gasteiger partial charge in [-0.05, 0) is 42.0 Å². The van der Waals surface area contributed by atoms with E-state index in [1.807, 2.05) is 18.2 Å². The number of anilines is 1. The zero-order valence-electron chi connectivity index (χ0n) is 19.5. The summed E-state index contributed by atoms with van der Waals surface area (Å²) >= 11 is 0. The summed E-state index contributed by atoms with van der Waals surface area (Å²) in [6, 6.07) is 11.5. The summed E-state index contributed by atoms with van der Waals surface area (Å²) in [6.45, 7) is 0.978. The Balaban J connectivity index is 1.56. The molecule has 8 heteroatoms. The van der Waals surface area contributed by atoms with Crippen LogP contribution in [-0.4, -0.2) is 31.9 Å². The molecule has 4 heterocycles. The second-order valence-corrected chi connectivity index (χ2v) is 8.49. The number of pyridine rings is 2. The Morgan fingerprint density at radius 2 is 1.86 bits per heavy atom. The molecular formula is C27H24N3O5+. The SMILES string of the molecule is COc1ccc2c(CC(=O)Nc3ccncc3)c3[n+](cc2c1OC)CCc1cc2c(cc1-3)OCO2. The van der Waals surface area contributed by atoms with E-state index >= 15 is 0 Å². The Morgan fingerprint density at radius 1 is 1.06 bits per heavy atom. The maximum absolute atomic E-state index is 13.2. The van der Waals surface area contributed by atoms with E-state index < -0.39 is 0 Å². The molecule has 1 amide bonds. The fraction of sp³-hybridized carbons (Fsp3) is 0.222. The van der Waals surface area contributed by atoms with Crippen LogP contribution in [0.1, 0.15) is 11.1 Å². The molecule has 0 atom stereocenters. The first-order chi connectivity index (χ1) is 17.2. The number of carbonyl (C=O) groups is 1. The van der Waals surface area contributed by atoms with Gasteiger partial charge in [-0.2, -0.15) is 4.57 Å². The van der Waals surface area contributed by atoms with Gasteiger partial charge in [-0.25, -0.2) is 0 Å². The van der Waals surface area contributed by atoms with E-state index in [1.165, 1.54) is 5.56 Å². The fourth-order valence-corrected chi connectivity index (χ4v) is 4.99. The van der Waals surface area contributed by atoms with Crippen LogP contribution in [0.25, 0.3) is 22.0 Å². The van der Waals surface area contributed by atoms with Crippen LogP contribution in [0.15, 0.2) is 55.0 Å². The lowest BCUT2D eigenvalue weighted by molar-refractivity contribution is -0.686. The summed E-state index contributed by atoms with van der Waals surface area (Å²) in [5.74, 6) is 2.66. The molecule has 0 saturated carbocycles. The third-order valence-corrected chi connectivity index (χ3v) is 6.54. The Labute approximate surface area is 202 Å². The molecule has 2 aliphatic rings. The van der Waals surface area contributed by atoms with Gasteiger partial charge in [0.25, 0.3) is 0 Å². The van der Waals surface area contributed by atoms with E-state index in [1.54, 1.807) is 38.7 Å². The molecule has 0 saturated heterocycles. The number of ether oxygens (including phenoxy) is 4. The van der Waals surface area contributed by atoms with Crippen molar-refractivity contribution in [2.24, 2.45) is 0 Å². The number of aryl methyl sites for hydroxylation is 2. The number of hydrogen-bond acceptors (Lipinski definition) is 6. The highest BCUT2D eigenvalue weighted by Crippen LogP contribution is 2.43. The largest absolute Gasteiger partial charge is 0.493 e. The summed E-state index contributed by atoms with van der Waals surface area (Å²) in [7, 11) is 3.25. The maximum Gasteiger partial charge on any atom is 0.231 e. The normalized spacial score (nSPS) is 13.2. The lowest BCUT2D eigenvalue weighted by atomic mass is 9.89. The van der Waals surface area contributed by atoms with E-state index in [4.69, 9.17) is 18.9 Å². The molecule has 8 nitrogen and oxygen atoms in total. The zero-order chi connectivity index (χ0) is 23.9. The summed E-state index contributed by atoms with van der Waals surface area (Å²) in [5, 5.41) is 4.82. The third kappa shape index (κ3) is 3.58. The molecule has 176 valence electrons. The molecule has 0 radical (unpaired) electrons. The molecule has 0 aliphatic carbocycles. The molecule has 2 aromatic carbocycles. The number of aromatic nitrogens is 2. The van der Waals surface area contributed by atoms with Gasteiger partial charge < -0.3 is 24.3 Å². The van der Waals surface area contributed by atoms with Gasteiger partial charge in [0.05, 0.1) is 31.6 Å². The summed E-state index contributed by atoms with van der Waals surface area (Å²) in [5.41, 5.74) is 4.83. The van der Waals surface area contributed by atoms with Crippen LogP contribution in [0, 0.1) is 0 Å². The molecular weight excluding hydrogens is 446 g/mol. The van der Waals surface area contributed by atoms with Crippen molar-refractivity contribution >= 4 is 22.4 Å². The number of hydrogen-bond donors (Lipinski definition) is 1. The Morgan fingerprint density at radius 3 is 2.63 bits per heavy atom. The Hall–Kier alpha value is -4.33. The van der Waals surface area contributed by atoms with E-state index in [0.717, 1.165) is 52.1 Å². The molecule has 0 bridgehead atoms. The second kappa shape index (κ2) is 8.47. The number of fused-ring (bicyclic) bond motifs is 5. The number of nitrogens with zero attached hydrogens (tertiary/aromatic N) is 2. The van der Waals surface area contributed by atoms with Crippen LogP contribution < -0.4 is 28.8 Å². The maximum atomic E-state index is 13.2. The van der Waals surface area contributed by atoms with Gasteiger partial charge in [0.1, 0.15) is 0 Å². The van der Waals surface area contributed by atoms with E-state index in [2.05, 4.69) is 27.1 Å². The van der Waals surface area contributed by atoms with Crippen molar-refractivity contribution in [2.45, 2.75) is 19.4 Å². The van der Waals surface area contributed by atoms with Gasteiger partial charge in [0.2, 0.25) is 18.4 Å². The van der Waals surface area contributed by atoms with Gasteiger partial charge >= 0.3 is 0 Å². The van der Waals surface area contributed by atoms with Crippen molar-refractivity contribution in [1.82, 2.24) is 4.98 Å². The van der Waals surface area contributed by atoms with E-state index in [9.17, 15) is 4.79 Å². The van der Waals surface area contributed by atoms with Crippen molar-refractivity contribution < 1.29 is 28.3 Å². The predicted octanol–water partition coefficient (Wildman–Crippen LogP) is 3.67. The monoisotopic (exact) mass is 470 g/mol. The molecule has 0 spiro atoms. The molecule has 1 N–H and O–H groups in total. The lowest BCUT2D eigenvalue weighted by Gasteiger charge is -2.21. The van der Waals surface area contributed by atoms with E-state index in [0.29, 0.717) is 17.2 Å². The molecule has 4 aromatic rings. The molecule has 2 aromatic heterocycles. The van der Waals surface area contributed by atoms with Crippen LogP contribution in [0.3, 0.4) is 0 Å². The molecule has 6 rings (SSSR count). The summed E-state index contributed by atoms with van der Waals surface area (Å²) in [4.78, 5) is 17.3. The van der Waals surface area contributed by atoms with E-state index in [-0.39, 0.29) is 19.1 Å². The number of carbonyl (C=O) groups excluding carboxylic acids is 1. The van der Waals surface area contributed by atoms with Crippen molar-refractivity contribution in [3.05, 3.63) is 66.1 Å². The highest BCUT2D eigenvalue weighted by molar-refractivity contribution is 6.00. The van der Waals surface area contributed by atoms with Gasteiger partial charge in [0, 0.05) is 35.5 Å². The molecule has 0 unspecified atom stereocenters. The average Bonchev–Trinajstić information content (AvgIpc) is 3.34. The summed E-state index contributed by atoms with van der Waals surface area (Å²) < 4.78 is 24.8. The van der Waals surface area contributed by atoms with Crippen LogP contribution in [0.5, 0.6) is 23.0 Å². The van der Waals surface area contributed by atoms with Crippen molar-refractivity contribution in [3.63, 3.8) is 0 Å². The van der Waals surface area contributed by atoms with Crippen LogP contribution in [0.4, 0.5) is 5.69 Å². The number of amides is 1. The van der Waals surface area contributed by atoms with Gasteiger partial charge in [0.15, 0.2) is 35.7 Å². The van der Waals surface area contributed by atoms with Crippen molar-refractivity contribution in [2.75, 3.05) is 26.3 Å². The van der Waals surface area contributed by atoms with Crippen LogP contribution >= 0.6 is 0 Å². The minimum atomic E-state index is -0.117. The minimum absolute atomic E-state index is 0.117. The quantitative estimate of drug-likeness (QED) is 0.448. The number of rotatable bonds is 5. The van der Waals surface area contributed by atoms with Crippen LogP contribution in [-0.2, 0) is 24.2 Å². The Bertz CT molecular complexity index is 1470. The Kier molecular flexibility index (Phi) is 5.13. The minimum Gasteiger partial charge on any atom is -0.493 e. The first kappa shape index (κ1) is 21.2. The van der Waals surface area contributed by atoms with Crippen molar-refractivity contribution in [1.29, 1.82) is 0 Å². The standard InChI is InChI=1S/C27H23N3O5/c1-32-22-4-3-18-20(13-25(31)29-17-5-8-28-9-6-17)26-19-12-24-23(34-15-35-24)11-16(19)7-10-30(26)14-21(18)27(22)33-2/h3-6,8-9,11-12,14H,7,10,13,15H2,1-2H3/p+1. The number of methoxy groups -OCH3 is 2. The van der Waals surface area contributed by atoms with Gasteiger partial charge in [-0.3, -0.25) is 9.78 Å². The van der Waals surface area contributed by atoms with Crippen LogP contribution in [0.2, 0.25) is 0 Å². The zero-order valence-corrected chi connectivity index (χ0v) is 19.5. The van der Waals surface area contributed by atoms with Crippen molar-refractivity contribution in [3.8, 4) is 34.3 Å². The molecule has 2 aliphatic heterocycles. The topological polar surface area (TPSA) is 82.8 Å². The first-order valence-corrected chi connectivity index (χ1v) is 11.4. The third-order valence-electron chi connectivity index (χ3n) is 6.54. The van der Waals surface area contributed by atoms with Gasteiger partial charge in [-0.15, -0.1) is 0 Å². The van der Waals surface area contributed by atoms with Gasteiger partial charge in [-0.1, -0.05) is 0 Å². The average molecular weight is 471 g/mol. The molecule has 35 heavy (non-hydrogen) atoms. The first-order valence-electron chi connectivity index (χ1n) is 11.4. The lowest BCUT2D eigenvalue weighted by Crippen LogP contribution is -2.41. The molecule has 0 fully saturated rings.